The molecule has 2 nitrogen and oxygen atoms in total. The lowest BCUT2D eigenvalue weighted by atomic mass is 9.97. The van der Waals surface area contributed by atoms with Crippen LogP contribution in [0.2, 0.25) is 0 Å². The zero-order valence-electron chi connectivity index (χ0n) is 28.2. The van der Waals surface area contributed by atoms with E-state index >= 15 is 0 Å². The Morgan fingerprint density at radius 3 is 1.38 bits per heavy atom. The summed E-state index contributed by atoms with van der Waals surface area (Å²) in [6.45, 7) is 0. The van der Waals surface area contributed by atoms with Crippen molar-refractivity contribution in [2.45, 2.75) is 0 Å². The summed E-state index contributed by atoms with van der Waals surface area (Å²) in [4.78, 5) is 4.73. The predicted molar refractivity (Wildman–Crippen MR) is 227 cm³/mol. The Morgan fingerprint density at radius 1 is 0.288 bits per heavy atom. The zero-order valence-corrected chi connectivity index (χ0v) is 29.8. The van der Waals surface area contributed by atoms with Gasteiger partial charge in [0.05, 0.1) is 0 Å². The van der Waals surface area contributed by atoms with Gasteiger partial charge in [-0.25, -0.2) is 0 Å². The van der Waals surface area contributed by atoms with Crippen LogP contribution in [0.25, 0.3) is 51.5 Å². The van der Waals surface area contributed by atoms with E-state index in [9.17, 15) is 0 Å². The lowest BCUT2D eigenvalue weighted by Crippen LogP contribution is -2.10. The minimum absolute atomic E-state index is 1.12. The fraction of sp³-hybridized carbons (Fsp3) is 0. The fourth-order valence-electron chi connectivity index (χ4n) is 7.47. The second-order valence-electron chi connectivity index (χ2n) is 13.0. The highest BCUT2D eigenvalue weighted by molar-refractivity contribution is 7.26. The second-order valence-corrected chi connectivity index (χ2v) is 15.1. The Bertz CT molecular complexity index is 2800. The van der Waals surface area contributed by atoms with Gasteiger partial charge in [-0.2, -0.15) is 0 Å². The number of benzene rings is 8. The maximum absolute atomic E-state index is 2.42. The van der Waals surface area contributed by atoms with Gasteiger partial charge in [-0.3, -0.25) is 0 Å². The number of nitrogens with zero attached hydrogens (tertiary/aromatic N) is 2. The molecule has 8 aromatic carbocycles. The van der Waals surface area contributed by atoms with Gasteiger partial charge in [-0.15, -0.1) is 22.7 Å². The van der Waals surface area contributed by atoms with Crippen molar-refractivity contribution in [3.63, 3.8) is 0 Å². The van der Waals surface area contributed by atoms with Crippen molar-refractivity contribution in [2.75, 3.05) is 9.80 Å². The lowest BCUT2D eigenvalue weighted by Gasteiger charge is -2.27. The smallest absolute Gasteiger partial charge is 0.0482 e. The number of rotatable bonds is 7. The molecule has 0 N–H and O–H groups in total. The van der Waals surface area contributed by atoms with Crippen LogP contribution in [-0.2, 0) is 0 Å². The number of anilines is 6. The minimum Gasteiger partial charge on any atom is -0.311 e. The summed E-state index contributed by atoms with van der Waals surface area (Å²) >= 11 is 3.73. The molecule has 0 fully saturated rings. The zero-order chi connectivity index (χ0) is 34.4. The monoisotopic (exact) mass is 700 g/mol. The molecule has 10 aromatic rings. The van der Waals surface area contributed by atoms with Gasteiger partial charge >= 0.3 is 0 Å². The van der Waals surface area contributed by atoms with Gasteiger partial charge in [0, 0.05) is 74.5 Å². The number of hydrogen-bond acceptors (Lipinski definition) is 4. The van der Waals surface area contributed by atoms with E-state index in [0.717, 1.165) is 34.1 Å². The van der Waals surface area contributed by atoms with Crippen molar-refractivity contribution in [1.82, 2.24) is 0 Å². The number of para-hydroxylation sites is 3. The van der Waals surface area contributed by atoms with Crippen LogP contribution in [0.15, 0.2) is 194 Å². The predicted octanol–water partition coefficient (Wildman–Crippen LogP) is 15.0. The Hall–Kier alpha value is -6.20. The molecule has 2 heterocycles. The molecular formula is C48H32N2S2. The van der Waals surface area contributed by atoms with E-state index in [2.05, 4.69) is 204 Å². The third kappa shape index (κ3) is 5.32. The van der Waals surface area contributed by atoms with Crippen LogP contribution < -0.4 is 9.80 Å². The van der Waals surface area contributed by atoms with Gasteiger partial charge in [0.25, 0.3) is 0 Å². The molecule has 0 radical (unpaired) electrons. The Kier molecular flexibility index (Phi) is 7.56. The van der Waals surface area contributed by atoms with E-state index in [-0.39, 0.29) is 0 Å². The normalized spacial score (nSPS) is 11.5. The molecule has 0 saturated carbocycles. The Balaban J connectivity index is 1.17. The Morgan fingerprint density at radius 2 is 0.750 bits per heavy atom. The lowest BCUT2D eigenvalue weighted by molar-refractivity contribution is 1.28. The van der Waals surface area contributed by atoms with Crippen molar-refractivity contribution >= 4 is 97.1 Å². The fourth-order valence-corrected chi connectivity index (χ4v) is 9.72. The van der Waals surface area contributed by atoms with Crippen molar-refractivity contribution in [3.8, 4) is 11.1 Å². The summed E-state index contributed by atoms with van der Waals surface area (Å²) in [5, 5.41) is 5.19. The van der Waals surface area contributed by atoms with E-state index < -0.39 is 0 Å². The van der Waals surface area contributed by atoms with Gasteiger partial charge in [-0.1, -0.05) is 103 Å². The SMILES string of the molecule is c1ccc(N(c2ccccc2)c2ccc(-c3cc(N(c4ccccc4)c4ccc5sc6ccccc6c5c4)cc4sc5ccccc5c34)cc2)cc1. The standard InChI is InChI=1S/C48H32N2S2/c1-4-14-34(15-5-1)49(35-16-6-2-7-17-35)37-26-24-33(25-27-37)42-31-39(32-47-48(42)41-21-11-13-23-45(41)52-47)50(36-18-8-3-9-19-36)38-28-29-46-43(30-38)40-20-10-12-22-44(40)51-46/h1-32H. The van der Waals surface area contributed by atoms with Gasteiger partial charge < -0.3 is 9.80 Å². The molecule has 52 heavy (non-hydrogen) atoms. The molecule has 246 valence electrons. The highest BCUT2D eigenvalue weighted by Gasteiger charge is 2.20. The maximum atomic E-state index is 2.42. The Labute approximate surface area is 310 Å². The topological polar surface area (TPSA) is 6.48 Å². The summed E-state index contributed by atoms with van der Waals surface area (Å²) in [7, 11) is 0. The van der Waals surface area contributed by atoms with Crippen LogP contribution in [0.4, 0.5) is 34.1 Å². The summed E-state index contributed by atoms with van der Waals surface area (Å²) in [5.41, 5.74) is 9.20. The average Bonchev–Trinajstić information content (AvgIpc) is 3.78. The molecule has 2 aromatic heterocycles. The van der Waals surface area contributed by atoms with Gasteiger partial charge in [0.1, 0.15) is 0 Å². The molecule has 0 bridgehead atoms. The molecule has 0 amide bonds. The van der Waals surface area contributed by atoms with E-state index in [1.54, 1.807) is 0 Å². The molecule has 0 aliphatic carbocycles. The first-order chi connectivity index (χ1) is 25.8. The van der Waals surface area contributed by atoms with E-state index in [1.807, 2.05) is 22.7 Å². The molecule has 10 rings (SSSR count). The van der Waals surface area contributed by atoms with E-state index in [1.165, 1.54) is 51.5 Å². The first-order valence-electron chi connectivity index (χ1n) is 17.5. The summed E-state index contributed by atoms with van der Waals surface area (Å²) in [6.07, 6.45) is 0. The summed E-state index contributed by atoms with van der Waals surface area (Å²) in [6, 6.07) is 70.3. The van der Waals surface area contributed by atoms with Crippen LogP contribution in [0.3, 0.4) is 0 Å². The van der Waals surface area contributed by atoms with Crippen molar-refractivity contribution in [2.24, 2.45) is 0 Å². The molecule has 0 atom stereocenters. The van der Waals surface area contributed by atoms with Gasteiger partial charge in [0.15, 0.2) is 0 Å². The van der Waals surface area contributed by atoms with Crippen molar-refractivity contribution in [1.29, 1.82) is 0 Å². The minimum atomic E-state index is 1.12. The van der Waals surface area contributed by atoms with Gasteiger partial charge in [0.2, 0.25) is 0 Å². The first kappa shape index (κ1) is 30.6. The summed E-state index contributed by atoms with van der Waals surface area (Å²) in [5.74, 6) is 0. The van der Waals surface area contributed by atoms with Crippen LogP contribution in [0.1, 0.15) is 0 Å². The average molecular weight is 701 g/mol. The maximum Gasteiger partial charge on any atom is 0.0482 e. The number of hydrogen-bond donors (Lipinski definition) is 0. The largest absolute Gasteiger partial charge is 0.311 e. The van der Waals surface area contributed by atoms with Crippen LogP contribution >= 0.6 is 22.7 Å². The van der Waals surface area contributed by atoms with Crippen LogP contribution in [-0.4, -0.2) is 0 Å². The third-order valence-corrected chi connectivity index (χ3v) is 12.1. The van der Waals surface area contributed by atoms with Crippen LogP contribution in [0, 0.1) is 0 Å². The molecule has 0 aliphatic rings. The van der Waals surface area contributed by atoms with E-state index in [4.69, 9.17) is 0 Å². The van der Waals surface area contributed by atoms with Crippen molar-refractivity contribution in [3.05, 3.63) is 194 Å². The molecule has 0 unspecified atom stereocenters. The van der Waals surface area contributed by atoms with Crippen LogP contribution in [0.5, 0.6) is 0 Å². The third-order valence-electron chi connectivity index (χ3n) is 9.82. The highest BCUT2D eigenvalue weighted by atomic mass is 32.1. The van der Waals surface area contributed by atoms with Gasteiger partial charge in [-0.05, 0) is 102 Å². The van der Waals surface area contributed by atoms with Crippen molar-refractivity contribution < 1.29 is 0 Å². The van der Waals surface area contributed by atoms with E-state index in [0.29, 0.717) is 0 Å². The molecule has 4 heteroatoms. The quantitative estimate of drug-likeness (QED) is 0.163. The highest BCUT2D eigenvalue weighted by Crippen LogP contribution is 2.47. The molecule has 0 saturated heterocycles. The molecular weight excluding hydrogens is 669 g/mol. The molecule has 0 aliphatic heterocycles. The summed E-state index contributed by atoms with van der Waals surface area (Å²) < 4.78 is 5.19. The molecule has 0 spiro atoms. The first-order valence-corrected chi connectivity index (χ1v) is 19.1. The second kappa shape index (κ2) is 12.8. The number of fused-ring (bicyclic) bond motifs is 6. The number of thiophene rings is 2.